The molecule has 0 unspecified atom stereocenters. The molecule has 1 heterocycles. The summed E-state index contributed by atoms with van der Waals surface area (Å²) >= 11 is 4.87. The van der Waals surface area contributed by atoms with Crippen LogP contribution in [-0.2, 0) is 4.79 Å². The standard InChI is InChI=1S/C13H17N3OS/c14-13(18)10-3-5-11(6-4-10)15-12(17)9-16-7-1-2-8-16/h3-6H,1-2,7-9H2,(H2,14,18)(H,15,17). The monoisotopic (exact) mass is 263 g/mol. The maximum absolute atomic E-state index is 11.8. The molecule has 18 heavy (non-hydrogen) atoms. The van der Waals surface area contributed by atoms with Gasteiger partial charge in [-0.2, -0.15) is 0 Å². The van der Waals surface area contributed by atoms with E-state index in [9.17, 15) is 4.79 Å². The van der Waals surface area contributed by atoms with E-state index in [1.165, 1.54) is 12.8 Å². The van der Waals surface area contributed by atoms with E-state index in [0.717, 1.165) is 24.3 Å². The largest absolute Gasteiger partial charge is 0.389 e. The smallest absolute Gasteiger partial charge is 0.238 e. The first kappa shape index (κ1) is 13.0. The van der Waals surface area contributed by atoms with Gasteiger partial charge in [-0.15, -0.1) is 0 Å². The minimum absolute atomic E-state index is 0.0278. The lowest BCUT2D eigenvalue weighted by Gasteiger charge is -2.14. The Morgan fingerprint density at radius 2 is 1.89 bits per heavy atom. The summed E-state index contributed by atoms with van der Waals surface area (Å²) in [5.74, 6) is 0.0278. The van der Waals surface area contributed by atoms with Gasteiger partial charge in [0.2, 0.25) is 5.91 Å². The van der Waals surface area contributed by atoms with Gasteiger partial charge in [0.25, 0.3) is 0 Å². The number of nitrogens with one attached hydrogen (secondary N) is 1. The second-order valence-electron chi connectivity index (χ2n) is 4.47. The number of rotatable bonds is 4. The van der Waals surface area contributed by atoms with E-state index in [-0.39, 0.29) is 5.91 Å². The number of carbonyl (C=O) groups is 1. The van der Waals surface area contributed by atoms with E-state index in [1.807, 2.05) is 24.3 Å². The number of nitrogens with two attached hydrogens (primary N) is 1. The maximum Gasteiger partial charge on any atom is 0.238 e. The summed E-state index contributed by atoms with van der Waals surface area (Å²) in [6, 6.07) is 7.26. The molecule has 0 saturated carbocycles. The Balaban J connectivity index is 1.88. The average molecular weight is 263 g/mol. The molecular weight excluding hydrogens is 246 g/mol. The lowest BCUT2D eigenvalue weighted by atomic mass is 10.2. The highest BCUT2D eigenvalue weighted by Crippen LogP contribution is 2.11. The Labute approximate surface area is 112 Å². The van der Waals surface area contributed by atoms with Crippen molar-refractivity contribution in [1.29, 1.82) is 0 Å². The van der Waals surface area contributed by atoms with Crippen molar-refractivity contribution in [3.63, 3.8) is 0 Å². The third-order valence-corrected chi connectivity index (χ3v) is 3.25. The number of hydrogen-bond donors (Lipinski definition) is 2. The normalized spacial score (nSPS) is 15.6. The maximum atomic E-state index is 11.8. The Hall–Kier alpha value is -1.46. The van der Waals surface area contributed by atoms with Gasteiger partial charge in [0.05, 0.1) is 6.54 Å². The molecule has 1 aliphatic heterocycles. The van der Waals surface area contributed by atoms with Crippen LogP contribution in [0, 0.1) is 0 Å². The van der Waals surface area contributed by atoms with Crippen LogP contribution in [0.5, 0.6) is 0 Å². The van der Waals surface area contributed by atoms with Crippen LogP contribution in [0.4, 0.5) is 5.69 Å². The van der Waals surface area contributed by atoms with E-state index >= 15 is 0 Å². The first-order chi connectivity index (χ1) is 8.65. The highest BCUT2D eigenvalue weighted by Gasteiger charge is 2.14. The van der Waals surface area contributed by atoms with Gasteiger partial charge in [-0.05, 0) is 50.2 Å². The molecule has 1 amide bonds. The van der Waals surface area contributed by atoms with E-state index in [0.29, 0.717) is 11.5 Å². The van der Waals surface area contributed by atoms with Gasteiger partial charge in [0.15, 0.2) is 0 Å². The number of hydrogen-bond acceptors (Lipinski definition) is 3. The fraction of sp³-hybridized carbons (Fsp3) is 0.385. The first-order valence-electron chi connectivity index (χ1n) is 6.07. The van der Waals surface area contributed by atoms with E-state index in [4.69, 9.17) is 18.0 Å². The molecule has 1 aromatic rings. The zero-order valence-corrected chi connectivity index (χ0v) is 11.0. The molecule has 96 valence electrons. The molecule has 0 spiro atoms. The van der Waals surface area contributed by atoms with Crippen molar-refractivity contribution in [3.05, 3.63) is 29.8 Å². The van der Waals surface area contributed by atoms with Crippen LogP contribution in [0.25, 0.3) is 0 Å². The topological polar surface area (TPSA) is 58.4 Å². The zero-order chi connectivity index (χ0) is 13.0. The Bertz CT molecular complexity index is 438. The molecule has 0 atom stereocenters. The molecule has 0 radical (unpaired) electrons. The van der Waals surface area contributed by atoms with Crippen molar-refractivity contribution >= 4 is 28.8 Å². The molecule has 0 aromatic heterocycles. The molecule has 0 bridgehead atoms. The molecule has 0 aliphatic carbocycles. The molecule has 1 saturated heterocycles. The Kier molecular flexibility index (Phi) is 4.28. The highest BCUT2D eigenvalue weighted by molar-refractivity contribution is 7.80. The fourth-order valence-corrected chi connectivity index (χ4v) is 2.20. The van der Waals surface area contributed by atoms with Gasteiger partial charge in [0, 0.05) is 11.3 Å². The number of anilines is 1. The lowest BCUT2D eigenvalue weighted by Crippen LogP contribution is -2.30. The molecule has 1 fully saturated rings. The van der Waals surface area contributed by atoms with Crippen molar-refractivity contribution in [2.24, 2.45) is 5.73 Å². The molecule has 4 nitrogen and oxygen atoms in total. The van der Waals surface area contributed by atoms with Crippen molar-refractivity contribution in [2.75, 3.05) is 25.0 Å². The van der Waals surface area contributed by atoms with Gasteiger partial charge in [0.1, 0.15) is 4.99 Å². The van der Waals surface area contributed by atoms with Gasteiger partial charge >= 0.3 is 0 Å². The Morgan fingerprint density at radius 1 is 1.28 bits per heavy atom. The Morgan fingerprint density at radius 3 is 2.44 bits per heavy atom. The van der Waals surface area contributed by atoms with Gasteiger partial charge < -0.3 is 11.1 Å². The number of likely N-dealkylation sites (tertiary alicyclic amines) is 1. The fourth-order valence-electron chi connectivity index (χ4n) is 2.06. The molecule has 1 aromatic carbocycles. The van der Waals surface area contributed by atoms with Crippen molar-refractivity contribution in [1.82, 2.24) is 4.90 Å². The summed E-state index contributed by atoms with van der Waals surface area (Å²) < 4.78 is 0. The van der Waals surface area contributed by atoms with E-state index in [2.05, 4.69) is 10.2 Å². The van der Waals surface area contributed by atoms with Crippen LogP contribution in [0.2, 0.25) is 0 Å². The van der Waals surface area contributed by atoms with Crippen molar-refractivity contribution < 1.29 is 4.79 Å². The highest BCUT2D eigenvalue weighted by atomic mass is 32.1. The van der Waals surface area contributed by atoms with E-state index in [1.54, 1.807) is 0 Å². The van der Waals surface area contributed by atoms with Crippen molar-refractivity contribution in [3.8, 4) is 0 Å². The molecule has 2 rings (SSSR count). The zero-order valence-electron chi connectivity index (χ0n) is 10.2. The summed E-state index contributed by atoms with van der Waals surface area (Å²) in [6.07, 6.45) is 2.38. The summed E-state index contributed by atoms with van der Waals surface area (Å²) in [5.41, 5.74) is 7.10. The van der Waals surface area contributed by atoms with Gasteiger partial charge in [-0.1, -0.05) is 12.2 Å². The first-order valence-corrected chi connectivity index (χ1v) is 6.48. The average Bonchev–Trinajstić information content (AvgIpc) is 2.82. The predicted octanol–water partition coefficient (Wildman–Crippen LogP) is 1.36. The number of thiocarbonyl (C=S) groups is 1. The van der Waals surface area contributed by atoms with Gasteiger partial charge in [-0.3, -0.25) is 9.69 Å². The van der Waals surface area contributed by atoms with Crippen LogP contribution >= 0.6 is 12.2 Å². The quantitative estimate of drug-likeness (QED) is 0.805. The number of nitrogens with zero attached hydrogens (tertiary/aromatic N) is 1. The SMILES string of the molecule is NC(=S)c1ccc(NC(=O)CN2CCCC2)cc1. The third-order valence-electron chi connectivity index (χ3n) is 3.02. The molecule has 5 heteroatoms. The summed E-state index contributed by atoms with van der Waals surface area (Å²) in [6.45, 7) is 2.51. The summed E-state index contributed by atoms with van der Waals surface area (Å²) in [7, 11) is 0. The second-order valence-corrected chi connectivity index (χ2v) is 4.91. The third kappa shape index (κ3) is 3.51. The summed E-state index contributed by atoms with van der Waals surface area (Å²) in [4.78, 5) is 14.3. The number of carbonyl (C=O) groups excluding carboxylic acids is 1. The van der Waals surface area contributed by atoms with Crippen LogP contribution in [-0.4, -0.2) is 35.4 Å². The minimum atomic E-state index is 0.0278. The molecule has 3 N–H and O–H groups in total. The molecular formula is C13H17N3OS. The van der Waals surface area contributed by atoms with Crippen LogP contribution in [0.1, 0.15) is 18.4 Å². The predicted molar refractivity (Wildman–Crippen MR) is 76.6 cm³/mol. The van der Waals surface area contributed by atoms with Crippen LogP contribution < -0.4 is 11.1 Å². The molecule has 1 aliphatic rings. The summed E-state index contributed by atoms with van der Waals surface area (Å²) in [5, 5.41) is 2.87. The minimum Gasteiger partial charge on any atom is -0.389 e. The number of amides is 1. The second kappa shape index (κ2) is 5.93. The van der Waals surface area contributed by atoms with Crippen LogP contribution in [0.15, 0.2) is 24.3 Å². The van der Waals surface area contributed by atoms with Crippen LogP contribution in [0.3, 0.4) is 0 Å². The lowest BCUT2D eigenvalue weighted by molar-refractivity contribution is -0.117. The number of benzene rings is 1. The van der Waals surface area contributed by atoms with Gasteiger partial charge in [-0.25, -0.2) is 0 Å². The van der Waals surface area contributed by atoms with E-state index < -0.39 is 0 Å². The van der Waals surface area contributed by atoms with Crippen molar-refractivity contribution in [2.45, 2.75) is 12.8 Å².